The minimum Gasteiger partial charge on any atom is -0.313 e. The van der Waals surface area contributed by atoms with Crippen LogP contribution in [0.2, 0.25) is 0 Å². The number of aliphatic imine (C=N–C) groups is 1. The van der Waals surface area contributed by atoms with Crippen LogP contribution in [0.5, 0.6) is 0 Å². The molecule has 2 unspecified atom stereocenters. The van der Waals surface area contributed by atoms with Crippen LogP contribution < -0.4 is 5.32 Å². The van der Waals surface area contributed by atoms with Crippen LogP contribution >= 0.6 is 0 Å². The summed E-state index contributed by atoms with van der Waals surface area (Å²) < 4.78 is 37.8. The van der Waals surface area contributed by atoms with Crippen LogP contribution in [0.1, 0.15) is 13.3 Å². The molecule has 2 aliphatic heterocycles. The van der Waals surface area contributed by atoms with Gasteiger partial charge in [0.2, 0.25) is 0 Å². The van der Waals surface area contributed by atoms with Gasteiger partial charge in [0, 0.05) is 31.4 Å². The molecule has 0 aromatic carbocycles. The van der Waals surface area contributed by atoms with E-state index in [2.05, 4.69) is 10.3 Å². The van der Waals surface area contributed by atoms with Gasteiger partial charge in [-0.25, -0.2) is 0 Å². The number of rotatable bonds is 0. The van der Waals surface area contributed by atoms with Crippen molar-refractivity contribution < 1.29 is 13.2 Å². The lowest BCUT2D eigenvalue weighted by Crippen LogP contribution is -2.38. The number of alkyl halides is 3. The fraction of sp³-hybridized carbons (Fsp3) is 0.700. The van der Waals surface area contributed by atoms with Crippen LogP contribution in [-0.4, -0.2) is 25.5 Å². The molecule has 2 aliphatic rings. The van der Waals surface area contributed by atoms with Gasteiger partial charge in [0.15, 0.2) is 0 Å². The maximum atomic E-state index is 12.6. The third-order valence-corrected chi connectivity index (χ3v) is 3.08. The fourth-order valence-electron chi connectivity index (χ4n) is 2.15. The molecule has 84 valence electrons. The largest absolute Gasteiger partial charge is 0.397 e. The van der Waals surface area contributed by atoms with Crippen LogP contribution in [-0.2, 0) is 0 Å². The van der Waals surface area contributed by atoms with E-state index in [1.54, 1.807) is 6.92 Å². The molecule has 0 fully saturated rings. The van der Waals surface area contributed by atoms with Gasteiger partial charge in [-0.05, 0) is 11.5 Å². The third kappa shape index (κ3) is 1.93. The predicted molar refractivity (Wildman–Crippen MR) is 51.7 cm³/mol. The van der Waals surface area contributed by atoms with Crippen LogP contribution in [0, 0.1) is 11.8 Å². The van der Waals surface area contributed by atoms with Crippen molar-refractivity contribution >= 4 is 6.21 Å². The lowest BCUT2D eigenvalue weighted by molar-refractivity contribution is -0.162. The molecule has 0 aliphatic carbocycles. The summed E-state index contributed by atoms with van der Waals surface area (Å²) in [5, 5.41) is 3.09. The van der Waals surface area contributed by atoms with Gasteiger partial charge < -0.3 is 5.32 Å². The van der Waals surface area contributed by atoms with Crippen molar-refractivity contribution in [1.29, 1.82) is 0 Å². The Kier molecular flexibility index (Phi) is 2.58. The highest BCUT2D eigenvalue weighted by Crippen LogP contribution is 2.38. The molecule has 2 heterocycles. The number of hydrogen-bond donors (Lipinski definition) is 1. The molecule has 2 atom stereocenters. The zero-order valence-corrected chi connectivity index (χ0v) is 8.43. The van der Waals surface area contributed by atoms with E-state index in [4.69, 9.17) is 0 Å². The molecule has 0 amide bonds. The lowest BCUT2D eigenvalue weighted by atomic mass is 9.83. The Hall–Kier alpha value is -0.840. The summed E-state index contributed by atoms with van der Waals surface area (Å²) in [5.74, 6) is -1.90. The van der Waals surface area contributed by atoms with Gasteiger partial charge in [0.25, 0.3) is 0 Å². The smallest absolute Gasteiger partial charge is 0.313 e. The average Bonchev–Trinajstić information content (AvgIpc) is 2.16. The van der Waals surface area contributed by atoms with Gasteiger partial charge in [-0.15, -0.1) is 0 Å². The Morgan fingerprint density at radius 3 is 2.87 bits per heavy atom. The Morgan fingerprint density at radius 2 is 2.20 bits per heavy atom. The average molecular weight is 218 g/mol. The van der Waals surface area contributed by atoms with Gasteiger partial charge in [-0.3, -0.25) is 4.99 Å². The predicted octanol–water partition coefficient (Wildman–Crippen LogP) is 2.13. The highest BCUT2D eigenvalue weighted by atomic mass is 19.4. The Bertz CT molecular complexity index is 317. The second kappa shape index (κ2) is 3.63. The topological polar surface area (TPSA) is 24.4 Å². The summed E-state index contributed by atoms with van der Waals surface area (Å²) in [4.78, 5) is 3.94. The Morgan fingerprint density at radius 1 is 1.47 bits per heavy atom. The number of nitrogens with zero attached hydrogens (tertiary/aromatic N) is 1. The molecule has 0 aromatic rings. The van der Waals surface area contributed by atoms with Gasteiger partial charge in [0.05, 0.1) is 5.92 Å². The van der Waals surface area contributed by atoms with E-state index < -0.39 is 18.0 Å². The molecular formula is C10H13F3N2. The van der Waals surface area contributed by atoms with Crippen molar-refractivity contribution in [3.63, 3.8) is 0 Å². The zero-order chi connectivity index (χ0) is 11.1. The highest BCUT2D eigenvalue weighted by Gasteiger charge is 2.45. The maximum absolute atomic E-state index is 12.6. The van der Waals surface area contributed by atoms with Gasteiger partial charge >= 0.3 is 6.18 Å². The van der Waals surface area contributed by atoms with E-state index in [9.17, 15) is 13.2 Å². The number of nitrogens with one attached hydrogen (secondary N) is 1. The molecule has 0 bridgehead atoms. The summed E-state index contributed by atoms with van der Waals surface area (Å²) in [5.41, 5.74) is 1.67. The number of hydrogen-bond acceptors (Lipinski definition) is 2. The van der Waals surface area contributed by atoms with Crippen molar-refractivity contribution in [3.8, 4) is 0 Å². The molecule has 0 spiro atoms. The van der Waals surface area contributed by atoms with E-state index in [1.807, 2.05) is 0 Å². The third-order valence-electron chi connectivity index (χ3n) is 3.08. The highest BCUT2D eigenvalue weighted by molar-refractivity contribution is 5.67. The molecule has 15 heavy (non-hydrogen) atoms. The molecule has 5 heteroatoms. The first-order chi connectivity index (χ1) is 7.00. The van der Waals surface area contributed by atoms with Crippen molar-refractivity contribution in [3.05, 3.63) is 11.3 Å². The number of halogens is 3. The van der Waals surface area contributed by atoms with E-state index in [-0.39, 0.29) is 0 Å². The normalized spacial score (nSPS) is 31.7. The summed E-state index contributed by atoms with van der Waals surface area (Å²) >= 11 is 0. The summed E-state index contributed by atoms with van der Waals surface area (Å²) in [6, 6.07) is 0. The molecular weight excluding hydrogens is 205 g/mol. The molecule has 0 aromatic heterocycles. The van der Waals surface area contributed by atoms with Gasteiger partial charge in [-0.1, -0.05) is 6.92 Å². The summed E-state index contributed by atoms with van der Waals surface area (Å²) in [6.45, 7) is 2.98. The molecule has 0 saturated heterocycles. The van der Waals surface area contributed by atoms with E-state index in [1.165, 1.54) is 0 Å². The van der Waals surface area contributed by atoms with E-state index in [0.29, 0.717) is 6.54 Å². The standard InChI is InChI=1S/C10H13F3N2/c1-6-7-4-14-3-2-9(7)15-5-8(6)10(11,12)13/h5-6,8,14H,2-4H2,1H3. The molecule has 1 N–H and O–H groups in total. The minimum absolute atomic E-state index is 0.481. The summed E-state index contributed by atoms with van der Waals surface area (Å²) in [7, 11) is 0. The van der Waals surface area contributed by atoms with Crippen LogP contribution in [0.4, 0.5) is 13.2 Å². The minimum atomic E-state index is -4.18. The second-order valence-electron chi connectivity index (χ2n) is 4.03. The fourth-order valence-corrected chi connectivity index (χ4v) is 2.15. The quantitative estimate of drug-likeness (QED) is 0.661. The first-order valence-corrected chi connectivity index (χ1v) is 5.03. The van der Waals surface area contributed by atoms with Crippen molar-refractivity contribution in [1.82, 2.24) is 5.32 Å². The summed E-state index contributed by atoms with van der Waals surface area (Å²) in [6.07, 6.45) is -2.38. The maximum Gasteiger partial charge on any atom is 0.397 e. The van der Waals surface area contributed by atoms with E-state index in [0.717, 1.165) is 30.5 Å². The van der Waals surface area contributed by atoms with Crippen LogP contribution in [0.25, 0.3) is 0 Å². The molecule has 0 radical (unpaired) electrons. The zero-order valence-electron chi connectivity index (χ0n) is 8.43. The van der Waals surface area contributed by atoms with Crippen LogP contribution in [0.15, 0.2) is 16.3 Å². The monoisotopic (exact) mass is 218 g/mol. The first kappa shape index (κ1) is 10.7. The van der Waals surface area contributed by atoms with Gasteiger partial charge in [0.1, 0.15) is 0 Å². The van der Waals surface area contributed by atoms with Gasteiger partial charge in [-0.2, -0.15) is 13.2 Å². The van der Waals surface area contributed by atoms with Crippen LogP contribution in [0.3, 0.4) is 0 Å². The molecule has 0 saturated carbocycles. The second-order valence-corrected chi connectivity index (χ2v) is 4.03. The van der Waals surface area contributed by atoms with Crippen molar-refractivity contribution in [2.24, 2.45) is 16.8 Å². The Labute approximate surface area is 86.3 Å². The van der Waals surface area contributed by atoms with Crippen molar-refractivity contribution in [2.75, 3.05) is 13.1 Å². The first-order valence-electron chi connectivity index (χ1n) is 5.03. The molecule has 2 nitrogen and oxygen atoms in total. The van der Waals surface area contributed by atoms with E-state index >= 15 is 0 Å². The lowest BCUT2D eigenvalue weighted by Gasteiger charge is -2.32. The molecule has 2 rings (SSSR count). The SMILES string of the molecule is CC1C2=C(CCNC2)N=CC1C(F)(F)F. The van der Waals surface area contributed by atoms with Crippen molar-refractivity contribution in [2.45, 2.75) is 19.5 Å². The Balaban J connectivity index is 2.26.